The Morgan fingerprint density at radius 3 is 2.91 bits per heavy atom. The average Bonchev–Trinajstić information content (AvgIpc) is 3.16. The quantitative estimate of drug-likeness (QED) is 0.906. The van der Waals surface area contributed by atoms with E-state index in [1.54, 1.807) is 6.92 Å². The van der Waals surface area contributed by atoms with E-state index in [1.165, 1.54) is 36.9 Å². The fraction of sp³-hybridized carbons (Fsp3) is 0.632. The van der Waals surface area contributed by atoms with E-state index in [4.69, 9.17) is 0 Å². The number of hydrogen-bond acceptors (Lipinski definition) is 2. The van der Waals surface area contributed by atoms with E-state index < -0.39 is 0 Å². The molecule has 1 aromatic carbocycles. The topological polar surface area (TPSA) is 32.3 Å². The molecule has 1 aliphatic heterocycles. The summed E-state index contributed by atoms with van der Waals surface area (Å²) in [4.78, 5) is 14.1. The van der Waals surface area contributed by atoms with Crippen LogP contribution in [-0.4, -0.2) is 18.5 Å². The molecule has 118 valence electrons. The van der Waals surface area contributed by atoms with Gasteiger partial charge >= 0.3 is 0 Å². The minimum Gasteiger partial charge on any atom is -0.368 e. The Labute approximate surface area is 133 Å². The Morgan fingerprint density at radius 1 is 1.27 bits per heavy atom. The predicted molar refractivity (Wildman–Crippen MR) is 88.7 cm³/mol. The summed E-state index contributed by atoms with van der Waals surface area (Å²) in [5, 5.41) is 3.13. The first kappa shape index (κ1) is 13.0. The van der Waals surface area contributed by atoms with Gasteiger partial charge in [-0.3, -0.25) is 4.79 Å². The normalized spacial score (nSPS) is 41.0. The second-order valence-electron chi connectivity index (χ2n) is 7.88. The second-order valence-corrected chi connectivity index (χ2v) is 7.88. The van der Waals surface area contributed by atoms with E-state index in [2.05, 4.69) is 34.5 Å². The van der Waals surface area contributed by atoms with E-state index >= 15 is 0 Å². The van der Waals surface area contributed by atoms with Crippen LogP contribution in [0.4, 0.5) is 5.69 Å². The molecule has 4 aliphatic rings. The number of anilines is 1. The van der Waals surface area contributed by atoms with Crippen molar-refractivity contribution >= 4 is 11.6 Å². The van der Waals surface area contributed by atoms with Gasteiger partial charge in [0.2, 0.25) is 5.91 Å². The van der Waals surface area contributed by atoms with Crippen molar-refractivity contribution in [1.82, 2.24) is 5.32 Å². The number of para-hydroxylation sites is 1. The number of carbonyl (C=O) groups is 1. The lowest BCUT2D eigenvalue weighted by molar-refractivity contribution is -0.119. The molecule has 3 heteroatoms. The molecule has 0 saturated heterocycles. The lowest BCUT2D eigenvalue weighted by Gasteiger charge is -2.53. The molecule has 3 fully saturated rings. The van der Waals surface area contributed by atoms with Crippen LogP contribution in [0.1, 0.15) is 52.1 Å². The summed E-state index contributed by atoms with van der Waals surface area (Å²) in [7, 11) is 0. The molecule has 3 aliphatic carbocycles. The smallest absolute Gasteiger partial charge is 0.217 e. The maximum absolute atomic E-state index is 11.5. The van der Waals surface area contributed by atoms with Crippen molar-refractivity contribution in [2.24, 2.45) is 17.3 Å². The van der Waals surface area contributed by atoms with Gasteiger partial charge in [-0.25, -0.2) is 0 Å². The van der Waals surface area contributed by atoms with Crippen LogP contribution in [0.5, 0.6) is 0 Å². The van der Waals surface area contributed by atoms with Gasteiger partial charge < -0.3 is 10.2 Å². The first-order valence-electron chi connectivity index (χ1n) is 8.82. The number of carbonyl (C=O) groups excluding carboxylic acids is 1. The second kappa shape index (κ2) is 4.27. The molecule has 5 rings (SSSR count). The molecular formula is C19H26N2O. The number of fused-ring (bicyclic) bond motifs is 1. The van der Waals surface area contributed by atoms with Crippen LogP contribution in [0, 0.1) is 17.3 Å². The molecular weight excluding hydrogens is 272 g/mol. The highest BCUT2D eigenvalue weighted by Crippen LogP contribution is 2.76. The lowest BCUT2D eigenvalue weighted by Crippen LogP contribution is -2.55. The van der Waals surface area contributed by atoms with Gasteiger partial charge in [-0.2, -0.15) is 0 Å². The van der Waals surface area contributed by atoms with Gasteiger partial charge in [0.25, 0.3) is 0 Å². The van der Waals surface area contributed by atoms with Gasteiger partial charge in [-0.05, 0) is 61.0 Å². The zero-order chi connectivity index (χ0) is 14.9. The fourth-order valence-electron chi connectivity index (χ4n) is 5.91. The van der Waals surface area contributed by atoms with Crippen LogP contribution in [-0.2, 0) is 4.79 Å². The summed E-state index contributed by atoms with van der Waals surface area (Å²) >= 11 is 0. The third-order valence-electron chi connectivity index (χ3n) is 6.96. The zero-order valence-electron chi connectivity index (χ0n) is 13.2. The molecule has 5 atom stereocenters. The number of nitrogens with zero attached hydrogens (tertiary/aromatic N) is 1. The summed E-state index contributed by atoms with van der Waals surface area (Å²) < 4.78 is 0. The van der Waals surface area contributed by atoms with Crippen molar-refractivity contribution in [1.29, 1.82) is 0 Å². The molecule has 1 heterocycles. The van der Waals surface area contributed by atoms with Gasteiger partial charge in [0.15, 0.2) is 0 Å². The van der Waals surface area contributed by atoms with Crippen molar-refractivity contribution in [3.05, 3.63) is 29.8 Å². The fourth-order valence-corrected chi connectivity index (χ4v) is 5.91. The van der Waals surface area contributed by atoms with Gasteiger partial charge in [0, 0.05) is 26.6 Å². The van der Waals surface area contributed by atoms with Crippen LogP contribution in [0.25, 0.3) is 0 Å². The maximum atomic E-state index is 11.5. The van der Waals surface area contributed by atoms with Gasteiger partial charge in [-0.1, -0.05) is 18.2 Å². The first-order valence-corrected chi connectivity index (χ1v) is 8.82. The van der Waals surface area contributed by atoms with E-state index in [-0.39, 0.29) is 13.4 Å². The van der Waals surface area contributed by atoms with Crippen molar-refractivity contribution < 1.29 is 6.22 Å². The minimum absolute atomic E-state index is 0. The van der Waals surface area contributed by atoms with E-state index in [9.17, 15) is 4.79 Å². The minimum atomic E-state index is 0. The number of hydrogen-bond donors (Lipinski definition) is 1. The van der Waals surface area contributed by atoms with E-state index in [0.717, 1.165) is 36.3 Å². The predicted octanol–water partition coefficient (Wildman–Crippen LogP) is 3.51. The van der Waals surface area contributed by atoms with E-state index in [1.807, 2.05) is 0 Å². The highest BCUT2D eigenvalue weighted by molar-refractivity contribution is 5.74. The molecule has 1 amide bonds. The Hall–Kier alpha value is -1.51. The first-order chi connectivity index (χ1) is 10.7. The van der Waals surface area contributed by atoms with Crippen LogP contribution in [0.2, 0.25) is 0 Å². The van der Waals surface area contributed by atoms with E-state index in [0.29, 0.717) is 0 Å². The van der Waals surface area contributed by atoms with Crippen molar-refractivity contribution in [3.63, 3.8) is 0 Å². The molecule has 1 N–H and O–H groups in total. The number of benzene rings is 1. The summed E-state index contributed by atoms with van der Waals surface area (Å²) in [5.41, 5.74) is 3.46. The Morgan fingerprint density at radius 2 is 2.14 bits per heavy atom. The van der Waals surface area contributed by atoms with Gasteiger partial charge in [0.05, 0.1) is 6.04 Å². The molecule has 0 bridgehead atoms. The van der Waals surface area contributed by atoms with Crippen LogP contribution >= 0.6 is 0 Å². The molecule has 3 nitrogen and oxygen atoms in total. The largest absolute Gasteiger partial charge is 0.368 e. The molecule has 1 spiro atoms. The maximum Gasteiger partial charge on any atom is 0.217 e. The van der Waals surface area contributed by atoms with Crippen LogP contribution < -0.4 is 10.2 Å². The summed E-state index contributed by atoms with van der Waals surface area (Å²) in [6.07, 6.45) is 6.89. The summed E-state index contributed by atoms with van der Waals surface area (Å²) in [6.45, 7) is 2.71. The Kier molecular flexibility index (Phi) is 2.52. The molecule has 1 aromatic rings. The molecule has 1 unspecified atom stereocenters. The zero-order valence-corrected chi connectivity index (χ0v) is 13.2. The van der Waals surface area contributed by atoms with Gasteiger partial charge in [0.1, 0.15) is 0 Å². The number of amides is 1. The van der Waals surface area contributed by atoms with Crippen molar-refractivity contribution in [3.8, 4) is 0 Å². The number of rotatable bonds is 2. The summed E-state index contributed by atoms with van der Waals surface area (Å²) in [5.74, 6) is 2.09. The Balaban J connectivity index is 0.00000135. The van der Waals surface area contributed by atoms with Crippen molar-refractivity contribution in [2.75, 3.05) is 11.4 Å². The standard InChI is InChI=1S/C19H24N2O.H2/c1-12(22)20-16-8-9-21(17-5-3-2-4-14(16)17)18-11-19-10-13(19)6-7-15(18)19;/h2-5,13,15-16,18H,6-11H2,1H3,(H,20,22);1H/t13-,15+,16-,18-,19?;/m1./s1. The molecule has 0 aromatic heterocycles. The molecule has 22 heavy (non-hydrogen) atoms. The summed E-state index contributed by atoms with van der Waals surface area (Å²) in [6, 6.07) is 9.65. The highest BCUT2D eigenvalue weighted by Gasteiger charge is 2.71. The highest BCUT2D eigenvalue weighted by atomic mass is 16.1. The monoisotopic (exact) mass is 298 g/mol. The van der Waals surface area contributed by atoms with Crippen LogP contribution in [0.3, 0.4) is 0 Å². The third kappa shape index (κ3) is 1.60. The third-order valence-corrected chi connectivity index (χ3v) is 6.96. The van der Waals surface area contributed by atoms with Crippen molar-refractivity contribution in [2.45, 2.75) is 51.1 Å². The van der Waals surface area contributed by atoms with Crippen LogP contribution in [0.15, 0.2) is 24.3 Å². The van der Waals surface area contributed by atoms with Gasteiger partial charge in [-0.15, -0.1) is 0 Å². The molecule has 3 saturated carbocycles. The lowest BCUT2D eigenvalue weighted by atomic mass is 9.65. The Bertz CT molecular complexity index is 646. The number of nitrogens with one attached hydrogen (secondary N) is 1. The SMILES string of the molecule is CC(=O)N[C@@H]1CCN([C@@H]2CC34C[C@H]3CC[C@@H]24)c2ccccc21.[HH]. The molecule has 0 radical (unpaired) electrons. The average molecular weight is 298 g/mol.